The largest absolute Gasteiger partial charge is 0.383 e. The van der Waals surface area contributed by atoms with Gasteiger partial charge in [0.15, 0.2) is 0 Å². The summed E-state index contributed by atoms with van der Waals surface area (Å²) >= 11 is 0. The van der Waals surface area contributed by atoms with Crippen LogP contribution >= 0.6 is 0 Å². The van der Waals surface area contributed by atoms with Gasteiger partial charge in [-0.15, -0.1) is 0 Å². The van der Waals surface area contributed by atoms with Crippen LogP contribution in [0.1, 0.15) is 51.4 Å². The number of carbonyl (C=O) groups excluding carboxylic acids is 1. The first kappa shape index (κ1) is 14.3. The summed E-state index contributed by atoms with van der Waals surface area (Å²) in [6.07, 6.45) is 8.60. The Morgan fingerprint density at radius 3 is 2.35 bits per heavy atom. The highest BCUT2D eigenvalue weighted by atomic mass is 16.3. The molecule has 4 nitrogen and oxygen atoms in total. The number of rotatable bonds is 3. The fourth-order valence-corrected chi connectivity index (χ4v) is 4.19. The van der Waals surface area contributed by atoms with E-state index in [1.165, 1.54) is 45.2 Å². The Labute approximate surface area is 122 Å². The van der Waals surface area contributed by atoms with Gasteiger partial charge in [0, 0.05) is 19.1 Å². The molecule has 3 rings (SSSR count). The van der Waals surface area contributed by atoms with E-state index in [1.807, 2.05) is 4.90 Å². The number of aliphatic hydroxyl groups is 1. The lowest BCUT2D eigenvalue weighted by atomic mass is 9.85. The van der Waals surface area contributed by atoms with E-state index >= 15 is 0 Å². The molecule has 3 fully saturated rings. The van der Waals surface area contributed by atoms with Crippen molar-refractivity contribution < 1.29 is 9.90 Å². The van der Waals surface area contributed by atoms with Crippen molar-refractivity contribution in [2.75, 3.05) is 26.2 Å². The van der Waals surface area contributed by atoms with E-state index in [-0.39, 0.29) is 11.8 Å². The third-order valence-electron chi connectivity index (χ3n) is 5.48. The molecule has 2 saturated heterocycles. The Kier molecular flexibility index (Phi) is 4.61. The van der Waals surface area contributed by atoms with Crippen molar-refractivity contribution in [2.24, 2.45) is 5.92 Å². The van der Waals surface area contributed by atoms with E-state index in [4.69, 9.17) is 0 Å². The van der Waals surface area contributed by atoms with E-state index < -0.39 is 6.10 Å². The molecule has 2 heterocycles. The average Bonchev–Trinajstić information content (AvgIpc) is 3.17. The minimum Gasteiger partial charge on any atom is -0.383 e. The van der Waals surface area contributed by atoms with Gasteiger partial charge in [0.2, 0.25) is 0 Å². The van der Waals surface area contributed by atoms with Gasteiger partial charge in [-0.1, -0.05) is 19.3 Å². The summed E-state index contributed by atoms with van der Waals surface area (Å²) in [5.74, 6) is 0.209. The van der Waals surface area contributed by atoms with Gasteiger partial charge in [0.05, 0.1) is 0 Å². The molecule has 20 heavy (non-hydrogen) atoms. The zero-order valence-electron chi connectivity index (χ0n) is 12.5. The molecular formula is C16H28N2O2. The van der Waals surface area contributed by atoms with E-state index in [9.17, 15) is 9.90 Å². The van der Waals surface area contributed by atoms with Crippen LogP contribution in [0.25, 0.3) is 0 Å². The van der Waals surface area contributed by atoms with Crippen molar-refractivity contribution in [2.45, 2.75) is 63.5 Å². The lowest BCUT2D eigenvalue weighted by Gasteiger charge is -2.29. The van der Waals surface area contributed by atoms with Crippen molar-refractivity contribution in [3.8, 4) is 0 Å². The first-order valence-corrected chi connectivity index (χ1v) is 8.46. The summed E-state index contributed by atoms with van der Waals surface area (Å²) < 4.78 is 0. The Balaban J connectivity index is 1.52. The minimum atomic E-state index is -0.743. The van der Waals surface area contributed by atoms with Gasteiger partial charge in [-0.25, -0.2) is 0 Å². The number of likely N-dealkylation sites (tertiary alicyclic amines) is 2. The molecule has 1 saturated carbocycles. The van der Waals surface area contributed by atoms with Crippen molar-refractivity contribution in [3.05, 3.63) is 0 Å². The van der Waals surface area contributed by atoms with Crippen molar-refractivity contribution in [1.82, 2.24) is 9.80 Å². The molecular weight excluding hydrogens is 252 g/mol. The molecule has 0 aromatic carbocycles. The molecule has 1 N–H and O–H groups in total. The van der Waals surface area contributed by atoms with Gasteiger partial charge < -0.3 is 10.0 Å². The van der Waals surface area contributed by atoms with Crippen LogP contribution in [0.2, 0.25) is 0 Å². The van der Waals surface area contributed by atoms with Gasteiger partial charge in [-0.3, -0.25) is 9.69 Å². The van der Waals surface area contributed by atoms with E-state index in [0.717, 1.165) is 32.4 Å². The molecule has 0 spiro atoms. The van der Waals surface area contributed by atoms with Crippen molar-refractivity contribution >= 4 is 5.91 Å². The maximum Gasteiger partial charge on any atom is 0.251 e. The van der Waals surface area contributed by atoms with E-state index in [0.29, 0.717) is 6.04 Å². The lowest BCUT2D eigenvalue weighted by Crippen LogP contribution is -2.44. The molecule has 0 aromatic heterocycles. The quantitative estimate of drug-likeness (QED) is 0.854. The van der Waals surface area contributed by atoms with E-state index in [2.05, 4.69) is 4.90 Å². The summed E-state index contributed by atoms with van der Waals surface area (Å²) in [4.78, 5) is 16.9. The summed E-state index contributed by atoms with van der Waals surface area (Å²) in [6.45, 7) is 4.06. The lowest BCUT2D eigenvalue weighted by molar-refractivity contribution is -0.142. The normalized spacial score (nSPS) is 30.9. The fraction of sp³-hybridized carbons (Fsp3) is 0.938. The molecule has 4 heteroatoms. The van der Waals surface area contributed by atoms with Gasteiger partial charge in [-0.2, -0.15) is 0 Å². The van der Waals surface area contributed by atoms with Gasteiger partial charge in [-0.05, 0) is 51.1 Å². The number of aliphatic hydroxyl groups excluding tert-OH is 1. The summed E-state index contributed by atoms with van der Waals surface area (Å²) in [6, 6.07) is 0.542. The topological polar surface area (TPSA) is 43.8 Å². The summed E-state index contributed by atoms with van der Waals surface area (Å²) in [5, 5.41) is 10.3. The molecule has 3 aliphatic rings. The fourth-order valence-electron chi connectivity index (χ4n) is 4.19. The highest BCUT2D eigenvalue weighted by molar-refractivity contribution is 5.81. The molecule has 1 aliphatic carbocycles. The third kappa shape index (κ3) is 3.01. The zero-order valence-corrected chi connectivity index (χ0v) is 12.5. The third-order valence-corrected chi connectivity index (χ3v) is 5.48. The van der Waals surface area contributed by atoms with Crippen LogP contribution in [0, 0.1) is 5.92 Å². The first-order chi connectivity index (χ1) is 9.75. The summed E-state index contributed by atoms with van der Waals surface area (Å²) in [7, 11) is 0. The van der Waals surface area contributed by atoms with Crippen LogP contribution in [0.4, 0.5) is 0 Å². The molecule has 114 valence electrons. The number of hydrogen-bond acceptors (Lipinski definition) is 3. The Hall–Kier alpha value is -0.610. The molecule has 0 bridgehead atoms. The Morgan fingerprint density at radius 1 is 0.950 bits per heavy atom. The number of carbonyl (C=O) groups is 1. The molecule has 2 aliphatic heterocycles. The second-order valence-electron chi connectivity index (χ2n) is 6.81. The highest BCUT2D eigenvalue weighted by Crippen LogP contribution is 2.28. The van der Waals surface area contributed by atoms with Crippen molar-refractivity contribution in [3.63, 3.8) is 0 Å². The standard InChI is InChI=1S/C16H28N2O2/c19-15(13-6-2-1-3-7-13)16(20)18-11-8-14(12-18)17-9-4-5-10-17/h13-15,19H,1-12H2. The van der Waals surface area contributed by atoms with Gasteiger partial charge >= 0.3 is 0 Å². The smallest absolute Gasteiger partial charge is 0.251 e. The molecule has 0 radical (unpaired) electrons. The maximum atomic E-state index is 12.5. The van der Waals surface area contributed by atoms with Crippen LogP contribution in [0.3, 0.4) is 0 Å². The van der Waals surface area contributed by atoms with Crippen LogP contribution < -0.4 is 0 Å². The van der Waals surface area contributed by atoms with Crippen LogP contribution in [0.5, 0.6) is 0 Å². The van der Waals surface area contributed by atoms with Gasteiger partial charge in [0.1, 0.15) is 6.10 Å². The maximum absolute atomic E-state index is 12.5. The predicted octanol–water partition coefficient (Wildman–Crippen LogP) is 1.62. The summed E-state index contributed by atoms with van der Waals surface area (Å²) in [5.41, 5.74) is 0. The Bertz CT molecular complexity index is 335. The minimum absolute atomic E-state index is 0.00130. The first-order valence-electron chi connectivity index (χ1n) is 8.46. The molecule has 2 unspecified atom stereocenters. The molecule has 1 amide bonds. The number of amides is 1. The SMILES string of the molecule is O=C(C(O)C1CCCCC1)N1CCC(N2CCCC2)C1. The van der Waals surface area contributed by atoms with E-state index in [1.54, 1.807) is 0 Å². The zero-order chi connectivity index (χ0) is 13.9. The predicted molar refractivity (Wildman–Crippen MR) is 78.4 cm³/mol. The highest BCUT2D eigenvalue weighted by Gasteiger charge is 2.36. The monoisotopic (exact) mass is 280 g/mol. The van der Waals surface area contributed by atoms with Crippen LogP contribution in [0.15, 0.2) is 0 Å². The number of hydrogen-bond donors (Lipinski definition) is 1. The molecule has 0 aromatic rings. The second kappa shape index (κ2) is 6.44. The van der Waals surface area contributed by atoms with Crippen molar-refractivity contribution in [1.29, 1.82) is 0 Å². The van der Waals surface area contributed by atoms with Gasteiger partial charge in [0.25, 0.3) is 5.91 Å². The Morgan fingerprint density at radius 2 is 1.65 bits per heavy atom. The van der Waals surface area contributed by atoms with Crippen LogP contribution in [-0.2, 0) is 4.79 Å². The average molecular weight is 280 g/mol. The number of nitrogens with zero attached hydrogens (tertiary/aromatic N) is 2. The molecule has 2 atom stereocenters. The van der Waals surface area contributed by atoms with Crippen LogP contribution in [-0.4, -0.2) is 59.1 Å². The second-order valence-corrected chi connectivity index (χ2v) is 6.81.